The maximum atomic E-state index is 3.09. The van der Waals surface area contributed by atoms with Gasteiger partial charge in [0.1, 0.15) is 0 Å². The van der Waals surface area contributed by atoms with Gasteiger partial charge in [-0.15, -0.1) is 23.7 Å². The molecule has 0 atom stereocenters. The quantitative estimate of drug-likeness (QED) is 0.417. The van der Waals surface area contributed by atoms with Crippen molar-refractivity contribution in [3.05, 3.63) is 0 Å². The Labute approximate surface area is 70.4 Å². The van der Waals surface area contributed by atoms with E-state index in [1.807, 2.05) is 0 Å². The van der Waals surface area contributed by atoms with E-state index in [0.29, 0.717) is 0 Å². The molecule has 0 aromatic carbocycles. The Balaban J connectivity index is 3.21. The van der Waals surface area contributed by atoms with E-state index in [9.17, 15) is 0 Å². The fourth-order valence-corrected chi connectivity index (χ4v) is 0.640. The standard InChI is InChI=1S/C11H16/c1-3-5-7-9-11-10-8-6-4-2/h3-5,10-11H2,1-2H3. The molecule has 0 radical (unpaired) electrons. The van der Waals surface area contributed by atoms with Gasteiger partial charge in [-0.3, -0.25) is 0 Å². The molecule has 0 saturated carbocycles. The molecule has 0 bridgehead atoms. The van der Waals surface area contributed by atoms with Gasteiger partial charge >= 0.3 is 0 Å². The summed E-state index contributed by atoms with van der Waals surface area (Å²) in [7, 11) is 0. The second kappa shape index (κ2) is 9.12. The van der Waals surface area contributed by atoms with Gasteiger partial charge in [0.05, 0.1) is 0 Å². The van der Waals surface area contributed by atoms with Gasteiger partial charge in [0.2, 0.25) is 0 Å². The lowest BCUT2D eigenvalue weighted by molar-refractivity contribution is 0.979. The minimum Gasteiger partial charge on any atom is -0.104 e. The minimum atomic E-state index is 0.935. The van der Waals surface area contributed by atoms with Crippen LogP contribution in [0.4, 0.5) is 0 Å². The zero-order valence-corrected chi connectivity index (χ0v) is 7.54. The maximum absolute atomic E-state index is 3.09. The highest BCUT2D eigenvalue weighted by Gasteiger charge is 1.73. The Morgan fingerprint density at radius 3 is 1.82 bits per heavy atom. The Bertz CT molecular complexity index is 180. The summed E-state index contributed by atoms with van der Waals surface area (Å²) in [4.78, 5) is 0. The summed E-state index contributed by atoms with van der Waals surface area (Å²) in [6.07, 6.45) is 5.02. The van der Waals surface area contributed by atoms with Crippen molar-refractivity contribution in [1.29, 1.82) is 0 Å². The molecular formula is C11H16. The smallest absolute Gasteiger partial charge is 0.0198 e. The van der Waals surface area contributed by atoms with E-state index in [-0.39, 0.29) is 0 Å². The van der Waals surface area contributed by atoms with E-state index in [2.05, 4.69) is 37.5 Å². The van der Waals surface area contributed by atoms with Crippen LogP contribution in [0, 0.1) is 23.7 Å². The van der Waals surface area contributed by atoms with Crippen molar-refractivity contribution in [2.24, 2.45) is 0 Å². The van der Waals surface area contributed by atoms with Crippen LogP contribution < -0.4 is 0 Å². The molecule has 11 heavy (non-hydrogen) atoms. The van der Waals surface area contributed by atoms with Gasteiger partial charge < -0.3 is 0 Å². The molecular weight excluding hydrogens is 132 g/mol. The van der Waals surface area contributed by atoms with E-state index in [0.717, 1.165) is 32.1 Å². The summed E-state index contributed by atoms with van der Waals surface area (Å²) in [5.41, 5.74) is 0. The van der Waals surface area contributed by atoms with Gasteiger partial charge in [0, 0.05) is 25.7 Å². The van der Waals surface area contributed by atoms with Crippen LogP contribution in [0.1, 0.15) is 46.0 Å². The van der Waals surface area contributed by atoms with E-state index in [4.69, 9.17) is 0 Å². The highest BCUT2D eigenvalue weighted by Crippen LogP contribution is 1.86. The Kier molecular flexibility index (Phi) is 8.39. The van der Waals surface area contributed by atoms with Crippen molar-refractivity contribution < 1.29 is 0 Å². The first-order valence-corrected chi connectivity index (χ1v) is 4.33. The van der Waals surface area contributed by atoms with Crippen LogP contribution in [0.3, 0.4) is 0 Å². The Morgan fingerprint density at radius 1 is 0.727 bits per heavy atom. The van der Waals surface area contributed by atoms with Crippen LogP contribution in [-0.4, -0.2) is 0 Å². The van der Waals surface area contributed by atoms with E-state index in [1.165, 1.54) is 0 Å². The predicted molar refractivity (Wildman–Crippen MR) is 50.0 cm³/mol. The van der Waals surface area contributed by atoms with E-state index in [1.54, 1.807) is 0 Å². The van der Waals surface area contributed by atoms with Crippen LogP contribution in [0.25, 0.3) is 0 Å². The Morgan fingerprint density at radius 2 is 1.27 bits per heavy atom. The molecule has 0 heteroatoms. The van der Waals surface area contributed by atoms with Gasteiger partial charge in [-0.25, -0.2) is 0 Å². The molecule has 0 heterocycles. The molecule has 0 unspecified atom stereocenters. The highest BCUT2D eigenvalue weighted by molar-refractivity contribution is 5.04. The Hall–Kier alpha value is -0.880. The average Bonchev–Trinajstić information content (AvgIpc) is 2.03. The molecule has 0 fully saturated rings. The number of rotatable bonds is 2. The van der Waals surface area contributed by atoms with Gasteiger partial charge in [-0.2, -0.15) is 0 Å². The first-order valence-electron chi connectivity index (χ1n) is 4.33. The van der Waals surface area contributed by atoms with E-state index >= 15 is 0 Å². The summed E-state index contributed by atoms with van der Waals surface area (Å²) in [5.74, 6) is 12.3. The summed E-state index contributed by atoms with van der Waals surface area (Å²) in [6.45, 7) is 4.21. The molecule has 0 nitrogen and oxygen atoms in total. The van der Waals surface area contributed by atoms with Gasteiger partial charge in [-0.05, 0) is 6.42 Å². The van der Waals surface area contributed by atoms with Crippen LogP contribution in [0.5, 0.6) is 0 Å². The third-order valence-corrected chi connectivity index (χ3v) is 1.18. The minimum absolute atomic E-state index is 0.935. The van der Waals surface area contributed by atoms with E-state index < -0.39 is 0 Å². The molecule has 0 rings (SSSR count). The fourth-order valence-electron chi connectivity index (χ4n) is 0.640. The average molecular weight is 148 g/mol. The summed E-state index contributed by atoms with van der Waals surface area (Å²) >= 11 is 0. The molecule has 0 amide bonds. The molecule has 0 aromatic rings. The lowest BCUT2D eigenvalue weighted by Gasteiger charge is -1.79. The van der Waals surface area contributed by atoms with Crippen LogP contribution in [0.2, 0.25) is 0 Å². The molecule has 0 aliphatic carbocycles. The molecule has 0 aromatic heterocycles. The predicted octanol–water partition coefficient (Wildman–Crippen LogP) is 2.98. The number of hydrogen-bond acceptors (Lipinski definition) is 0. The van der Waals surface area contributed by atoms with Crippen molar-refractivity contribution in [2.45, 2.75) is 46.0 Å². The second-order valence-corrected chi connectivity index (χ2v) is 2.31. The monoisotopic (exact) mass is 148 g/mol. The zero-order valence-electron chi connectivity index (χ0n) is 7.54. The lowest BCUT2D eigenvalue weighted by Crippen LogP contribution is -1.67. The van der Waals surface area contributed by atoms with Gasteiger partial charge in [0.15, 0.2) is 0 Å². The number of unbranched alkanes of at least 4 members (excludes halogenated alkanes) is 2. The van der Waals surface area contributed by atoms with Crippen molar-refractivity contribution in [3.63, 3.8) is 0 Å². The van der Waals surface area contributed by atoms with Crippen molar-refractivity contribution in [3.8, 4) is 23.7 Å². The summed E-state index contributed by atoms with van der Waals surface area (Å²) in [5, 5.41) is 0. The SMILES string of the molecule is CCC#CCCC#CCCC. The van der Waals surface area contributed by atoms with Crippen molar-refractivity contribution >= 4 is 0 Å². The van der Waals surface area contributed by atoms with Gasteiger partial charge in [-0.1, -0.05) is 13.8 Å². The first-order chi connectivity index (χ1) is 5.41. The van der Waals surface area contributed by atoms with Crippen LogP contribution in [-0.2, 0) is 0 Å². The molecule has 0 aliphatic heterocycles. The highest BCUT2D eigenvalue weighted by atomic mass is 13.8. The maximum Gasteiger partial charge on any atom is 0.0198 e. The number of hydrogen-bond donors (Lipinski definition) is 0. The molecule has 0 N–H and O–H groups in total. The third kappa shape index (κ3) is 9.12. The lowest BCUT2D eigenvalue weighted by atomic mass is 10.3. The third-order valence-electron chi connectivity index (χ3n) is 1.18. The van der Waals surface area contributed by atoms with Crippen LogP contribution >= 0.6 is 0 Å². The molecule has 0 aliphatic rings. The second-order valence-electron chi connectivity index (χ2n) is 2.31. The fraction of sp³-hybridized carbons (Fsp3) is 0.636. The summed E-state index contributed by atoms with van der Waals surface area (Å²) in [6, 6.07) is 0. The van der Waals surface area contributed by atoms with Gasteiger partial charge in [0.25, 0.3) is 0 Å². The van der Waals surface area contributed by atoms with Crippen LogP contribution in [0.15, 0.2) is 0 Å². The summed E-state index contributed by atoms with van der Waals surface area (Å²) < 4.78 is 0. The zero-order chi connectivity index (χ0) is 8.36. The largest absolute Gasteiger partial charge is 0.104 e. The molecule has 0 saturated heterocycles. The first kappa shape index (κ1) is 10.1. The molecule has 60 valence electrons. The van der Waals surface area contributed by atoms with Crippen molar-refractivity contribution in [1.82, 2.24) is 0 Å². The topological polar surface area (TPSA) is 0 Å². The normalized spacial score (nSPS) is 7.45. The van der Waals surface area contributed by atoms with Crippen molar-refractivity contribution in [2.75, 3.05) is 0 Å². The molecule has 0 spiro atoms.